The molecule has 0 bridgehead atoms. The Morgan fingerprint density at radius 1 is 1.35 bits per heavy atom. The number of fused-ring (bicyclic) bond motifs is 2. The normalized spacial score (nSPS) is 15.4. The molecule has 8 heteroatoms. The molecule has 1 unspecified atom stereocenters. The number of hydrogen-bond acceptors (Lipinski definition) is 3. The zero-order chi connectivity index (χ0) is 21.3. The highest BCUT2D eigenvalue weighted by molar-refractivity contribution is 6.31. The molecule has 0 saturated heterocycles. The lowest BCUT2D eigenvalue weighted by Crippen LogP contribution is -2.44. The summed E-state index contributed by atoms with van der Waals surface area (Å²) >= 11 is 6.15. The van der Waals surface area contributed by atoms with Crippen molar-refractivity contribution >= 4 is 40.8 Å². The largest absolute Gasteiger partial charge is 0.489 e. The minimum atomic E-state index is -0.559. The molecule has 0 aliphatic carbocycles. The molecule has 1 aliphatic rings. The van der Waals surface area contributed by atoms with Crippen LogP contribution >= 0.6 is 24.0 Å². The minimum absolute atomic E-state index is 0. The second-order valence-electron chi connectivity index (χ2n) is 7.67. The first kappa shape index (κ1) is 23.4. The molecular formula is C23H26Cl2FN3O2. The van der Waals surface area contributed by atoms with Crippen LogP contribution in [0.25, 0.3) is 10.9 Å². The van der Waals surface area contributed by atoms with Crippen molar-refractivity contribution < 1.29 is 13.9 Å². The molecule has 0 spiro atoms. The van der Waals surface area contributed by atoms with Crippen molar-refractivity contribution in [3.63, 3.8) is 0 Å². The van der Waals surface area contributed by atoms with Crippen molar-refractivity contribution in [2.75, 3.05) is 19.7 Å². The monoisotopic (exact) mass is 465 g/mol. The van der Waals surface area contributed by atoms with E-state index in [1.165, 1.54) is 17.7 Å². The fourth-order valence-electron chi connectivity index (χ4n) is 4.33. The third kappa shape index (κ3) is 4.81. The number of aryl methyl sites for hydroxylation is 1. The van der Waals surface area contributed by atoms with E-state index in [0.717, 1.165) is 41.9 Å². The average Bonchev–Trinajstić information content (AvgIpc) is 3.13. The van der Waals surface area contributed by atoms with Crippen LogP contribution in [0.4, 0.5) is 4.39 Å². The lowest BCUT2D eigenvalue weighted by atomic mass is 9.95. The maximum atomic E-state index is 14.1. The molecule has 1 atom stereocenters. The van der Waals surface area contributed by atoms with Gasteiger partial charge in [0.25, 0.3) is 0 Å². The number of hydrogen-bond donors (Lipinski definition) is 2. The lowest BCUT2D eigenvalue weighted by Gasteiger charge is -2.35. The van der Waals surface area contributed by atoms with E-state index in [0.29, 0.717) is 24.2 Å². The van der Waals surface area contributed by atoms with Gasteiger partial charge in [0.2, 0.25) is 5.91 Å². The van der Waals surface area contributed by atoms with Crippen LogP contribution in [0.5, 0.6) is 5.75 Å². The van der Waals surface area contributed by atoms with Gasteiger partial charge in [-0.2, -0.15) is 0 Å². The van der Waals surface area contributed by atoms with E-state index in [2.05, 4.69) is 16.8 Å². The summed E-state index contributed by atoms with van der Waals surface area (Å²) in [5.74, 6) is -0.847. The molecule has 3 N–H and O–H groups in total. The zero-order valence-corrected chi connectivity index (χ0v) is 18.9. The number of rotatable bonds is 7. The Bertz CT molecular complexity index is 1090. The summed E-state index contributed by atoms with van der Waals surface area (Å²) in [6.45, 7) is 4.20. The molecule has 1 aliphatic heterocycles. The van der Waals surface area contributed by atoms with E-state index >= 15 is 0 Å². The van der Waals surface area contributed by atoms with Crippen molar-refractivity contribution in [2.24, 2.45) is 5.73 Å². The number of halogens is 3. The summed E-state index contributed by atoms with van der Waals surface area (Å²) < 4.78 is 19.9. The highest BCUT2D eigenvalue weighted by Crippen LogP contribution is 2.32. The van der Waals surface area contributed by atoms with Gasteiger partial charge in [-0.05, 0) is 68.2 Å². The quantitative estimate of drug-likeness (QED) is 0.529. The minimum Gasteiger partial charge on any atom is -0.489 e. The van der Waals surface area contributed by atoms with Crippen LogP contribution in [-0.4, -0.2) is 41.5 Å². The number of amides is 1. The van der Waals surface area contributed by atoms with E-state index in [9.17, 15) is 9.18 Å². The number of nitrogens with two attached hydrogens (primary N) is 1. The number of ether oxygens (including phenoxy) is 1. The van der Waals surface area contributed by atoms with Gasteiger partial charge in [-0.3, -0.25) is 9.69 Å². The number of H-pyrrole nitrogens is 1. The van der Waals surface area contributed by atoms with E-state index in [1.807, 2.05) is 24.4 Å². The highest BCUT2D eigenvalue weighted by Gasteiger charge is 2.29. The molecule has 2 aromatic carbocycles. The van der Waals surface area contributed by atoms with Gasteiger partial charge in [0.1, 0.15) is 6.61 Å². The fraction of sp³-hybridized carbons (Fsp3) is 0.348. The number of carbonyl (C=O) groups is 1. The molecule has 0 radical (unpaired) electrons. The summed E-state index contributed by atoms with van der Waals surface area (Å²) in [6, 6.07) is 8.62. The molecule has 0 saturated carbocycles. The van der Waals surface area contributed by atoms with Crippen LogP contribution in [0.1, 0.15) is 34.8 Å². The van der Waals surface area contributed by atoms with Gasteiger partial charge in [0.15, 0.2) is 11.6 Å². The van der Waals surface area contributed by atoms with Gasteiger partial charge in [-0.15, -0.1) is 12.4 Å². The molecule has 31 heavy (non-hydrogen) atoms. The Kier molecular flexibility index (Phi) is 7.46. The van der Waals surface area contributed by atoms with Crippen molar-refractivity contribution in [3.05, 3.63) is 64.1 Å². The molecule has 1 aromatic heterocycles. The Morgan fingerprint density at radius 3 is 2.90 bits per heavy atom. The summed E-state index contributed by atoms with van der Waals surface area (Å²) in [4.78, 5) is 17.4. The SMILES string of the molecule is CCN(CCCc1c[nH]c2ccc(Cl)cc12)C1COc2c(F)ccc(C(N)=O)c2C1.Cl. The number of likely N-dealkylation sites (N-methyl/N-ethyl adjacent to an activating group) is 1. The van der Waals surface area contributed by atoms with Crippen LogP contribution in [0.15, 0.2) is 36.5 Å². The summed E-state index contributed by atoms with van der Waals surface area (Å²) in [7, 11) is 0. The van der Waals surface area contributed by atoms with Crippen molar-refractivity contribution in [1.29, 1.82) is 0 Å². The molecule has 166 valence electrons. The summed E-state index contributed by atoms with van der Waals surface area (Å²) in [5, 5.41) is 1.89. The first-order valence-corrected chi connectivity index (χ1v) is 10.6. The first-order valence-electron chi connectivity index (χ1n) is 10.2. The third-order valence-corrected chi connectivity index (χ3v) is 6.12. The van der Waals surface area contributed by atoms with E-state index in [4.69, 9.17) is 22.1 Å². The van der Waals surface area contributed by atoms with Crippen molar-refractivity contribution in [3.8, 4) is 5.75 Å². The Morgan fingerprint density at radius 2 is 2.16 bits per heavy atom. The number of nitrogens with one attached hydrogen (secondary N) is 1. The highest BCUT2D eigenvalue weighted by atomic mass is 35.5. The number of benzene rings is 2. The van der Waals surface area contributed by atoms with E-state index in [-0.39, 0.29) is 24.2 Å². The van der Waals surface area contributed by atoms with E-state index < -0.39 is 11.7 Å². The number of carbonyl (C=O) groups excluding carboxylic acids is 1. The van der Waals surface area contributed by atoms with Crippen molar-refractivity contribution in [2.45, 2.75) is 32.2 Å². The maximum absolute atomic E-state index is 14.1. The number of nitrogens with zero attached hydrogens (tertiary/aromatic N) is 1. The van der Waals surface area contributed by atoms with Crippen molar-refractivity contribution in [1.82, 2.24) is 9.88 Å². The molecule has 1 amide bonds. The van der Waals surface area contributed by atoms with Crippen LogP contribution < -0.4 is 10.5 Å². The Hall–Kier alpha value is -2.28. The molecule has 4 rings (SSSR count). The van der Waals surface area contributed by atoms with Gasteiger partial charge in [-0.25, -0.2) is 4.39 Å². The lowest BCUT2D eigenvalue weighted by molar-refractivity contribution is 0.0987. The summed E-state index contributed by atoms with van der Waals surface area (Å²) in [6.07, 6.45) is 4.46. The van der Waals surface area contributed by atoms with Crippen LogP contribution in [0.2, 0.25) is 5.02 Å². The Labute approximate surface area is 192 Å². The Balaban J connectivity index is 0.00000272. The molecule has 2 heterocycles. The first-order chi connectivity index (χ1) is 14.5. The topological polar surface area (TPSA) is 71.3 Å². The van der Waals surface area contributed by atoms with E-state index in [1.54, 1.807) is 0 Å². The predicted molar refractivity (Wildman–Crippen MR) is 124 cm³/mol. The molecular weight excluding hydrogens is 440 g/mol. The second kappa shape index (κ2) is 9.90. The van der Waals surface area contributed by atoms with Crippen LogP contribution in [0.3, 0.4) is 0 Å². The van der Waals surface area contributed by atoms with Crippen LogP contribution in [-0.2, 0) is 12.8 Å². The average molecular weight is 466 g/mol. The standard InChI is InChI=1S/C23H25ClFN3O2.ClH/c1-2-28(9-3-4-14-12-27-21-8-5-15(24)10-18(14)21)16-11-19-17(23(26)29)6-7-20(25)22(19)30-13-16;/h5-8,10,12,16,27H,2-4,9,11,13H2,1H3,(H2,26,29);1H. The third-order valence-electron chi connectivity index (χ3n) is 5.88. The molecule has 5 nitrogen and oxygen atoms in total. The van der Waals surface area contributed by atoms with Crippen LogP contribution in [0, 0.1) is 5.82 Å². The zero-order valence-electron chi connectivity index (χ0n) is 17.3. The number of primary amides is 1. The number of aromatic amines is 1. The van der Waals surface area contributed by atoms with Gasteiger partial charge < -0.3 is 15.5 Å². The maximum Gasteiger partial charge on any atom is 0.249 e. The van der Waals surface area contributed by atoms with Gasteiger partial charge >= 0.3 is 0 Å². The fourth-order valence-corrected chi connectivity index (χ4v) is 4.50. The molecule has 0 fully saturated rings. The van der Waals surface area contributed by atoms with Gasteiger partial charge in [0.05, 0.1) is 0 Å². The predicted octanol–water partition coefficient (Wildman–Crippen LogP) is 4.74. The van der Waals surface area contributed by atoms with Gasteiger partial charge in [-0.1, -0.05) is 18.5 Å². The molecule has 3 aromatic rings. The summed E-state index contributed by atoms with van der Waals surface area (Å²) in [5.41, 5.74) is 8.72. The number of aromatic nitrogens is 1. The smallest absolute Gasteiger partial charge is 0.249 e. The second-order valence-corrected chi connectivity index (χ2v) is 8.11. The van der Waals surface area contributed by atoms with Gasteiger partial charge in [0, 0.05) is 39.3 Å².